The average Bonchev–Trinajstić information content (AvgIpc) is 3.13. The van der Waals surface area contributed by atoms with Crippen LogP contribution in [0.2, 0.25) is 0 Å². The van der Waals surface area contributed by atoms with Crippen molar-refractivity contribution < 1.29 is 20.4 Å². The minimum absolute atomic E-state index is 0.309. The molecule has 4 aromatic heterocycles. The molecule has 0 aromatic carbocycles. The van der Waals surface area contributed by atoms with E-state index in [9.17, 15) is 39.6 Å². The van der Waals surface area contributed by atoms with Crippen molar-refractivity contribution in [2.75, 3.05) is 78.5 Å². The third kappa shape index (κ3) is 10.4. The molecule has 5 rings (SSSR count). The monoisotopic (exact) mass is 720 g/mol. The number of aromatic nitrogens is 4. The largest absolute Gasteiger partial charge is 0.503 e. The van der Waals surface area contributed by atoms with Crippen molar-refractivity contribution in [1.82, 2.24) is 37.9 Å². The van der Waals surface area contributed by atoms with Crippen LogP contribution in [-0.2, 0) is 26.2 Å². The Kier molecular flexibility index (Phi) is 13.4. The first kappa shape index (κ1) is 38.1. The SMILES string of the molecule is O=c1c(O)cccn1CCN1CCN(CCn2cccc(O)c2=O)CCN(CCn2cccc(O)c2=O)CCN(CCn2cccc(O)c2=O)CC1. The minimum Gasteiger partial charge on any atom is -0.503 e. The predicted molar refractivity (Wildman–Crippen MR) is 195 cm³/mol. The normalized spacial score (nSPS) is 16.0. The second-order valence-corrected chi connectivity index (χ2v) is 12.9. The third-order valence-corrected chi connectivity index (χ3v) is 9.56. The van der Waals surface area contributed by atoms with Gasteiger partial charge in [-0.15, -0.1) is 0 Å². The van der Waals surface area contributed by atoms with Gasteiger partial charge < -0.3 is 38.7 Å². The Hall–Kier alpha value is -5.16. The molecule has 1 fully saturated rings. The standard InChI is InChI=1S/C36H48N8O8/c45-29-5-1-9-41(33(29)49)25-21-37-13-15-38(22-26-42-10-2-6-30(46)34(42)50)17-19-40(24-28-44-12-4-8-32(48)36(44)52)20-18-39(16-14-37)23-27-43-11-3-7-31(47)35(43)51/h1-12,45-48H,13-28H2. The quantitative estimate of drug-likeness (QED) is 0.147. The van der Waals surface area contributed by atoms with Crippen LogP contribution in [0.3, 0.4) is 0 Å². The molecule has 1 aliphatic heterocycles. The molecule has 16 nitrogen and oxygen atoms in total. The van der Waals surface area contributed by atoms with Crippen molar-refractivity contribution in [2.24, 2.45) is 0 Å². The van der Waals surface area contributed by atoms with Crippen molar-refractivity contribution in [3.05, 3.63) is 115 Å². The zero-order chi connectivity index (χ0) is 37.0. The van der Waals surface area contributed by atoms with Gasteiger partial charge in [0.1, 0.15) is 0 Å². The molecule has 52 heavy (non-hydrogen) atoms. The summed E-state index contributed by atoms with van der Waals surface area (Å²) in [5.74, 6) is -1.24. The molecule has 0 radical (unpaired) electrons. The highest BCUT2D eigenvalue weighted by atomic mass is 16.3. The number of aromatic hydroxyl groups is 4. The molecule has 0 spiro atoms. The summed E-state index contributed by atoms with van der Waals surface area (Å²) in [6.07, 6.45) is 6.60. The van der Waals surface area contributed by atoms with E-state index < -0.39 is 22.2 Å². The van der Waals surface area contributed by atoms with Gasteiger partial charge in [0.25, 0.3) is 22.2 Å². The summed E-state index contributed by atoms with van der Waals surface area (Å²) in [6.45, 7) is 8.73. The Morgan fingerprint density at radius 3 is 0.731 bits per heavy atom. The zero-order valence-corrected chi connectivity index (χ0v) is 29.2. The third-order valence-electron chi connectivity index (χ3n) is 9.56. The summed E-state index contributed by atoms with van der Waals surface area (Å²) >= 11 is 0. The van der Waals surface area contributed by atoms with E-state index in [-0.39, 0.29) is 23.0 Å². The smallest absolute Gasteiger partial charge is 0.292 e. The molecular weight excluding hydrogens is 672 g/mol. The van der Waals surface area contributed by atoms with Gasteiger partial charge in [-0.05, 0) is 48.5 Å². The number of rotatable bonds is 12. The van der Waals surface area contributed by atoms with E-state index in [4.69, 9.17) is 0 Å². The molecule has 0 saturated carbocycles. The van der Waals surface area contributed by atoms with Crippen molar-refractivity contribution in [3.63, 3.8) is 0 Å². The first-order valence-electron chi connectivity index (χ1n) is 17.5. The zero-order valence-electron chi connectivity index (χ0n) is 29.2. The van der Waals surface area contributed by atoms with Crippen LogP contribution in [0.5, 0.6) is 23.0 Å². The molecule has 0 unspecified atom stereocenters. The van der Waals surface area contributed by atoms with E-state index in [0.29, 0.717) is 105 Å². The van der Waals surface area contributed by atoms with E-state index in [1.54, 1.807) is 49.1 Å². The highest BCUT2D eigenvalue weighted by molar-refractivity contribution is 5.17. The fraction of sp³-hybridized carbons (Fsp3) is 0.444. The molecule has 16 heteroatoms. The minimum atomic E-state index is -0.457. The molecule has 0 bridgehead atoms. The van der Waals surface area contributed by atoms with E-state index in [1.165, 1.54) is 42.5 Å². The maximum Gasteiger partial charge on any atom is 0.292 e. The predicted octanol–water partition coefficient (Wildman–Crippen LogP) is -0.522. The van der Waals surface area contributed by atoms with Gasteiger partial charge in [-0.2, -0.15) is 0 Å². The van der Waals surface area contributed by atoms with Gasteiger partial charge in [0.2, 0.25) is 0 Å². The van der Waals surface area contributed by atoms with Gasteiger partial charge >= 0.3 is 0 Å². The highest BCUT2D eigenvalue weighted by Gasteiger charge is 2.18. The number of nitrogens with zero attached hydrogens (tertiary/aromatic N) is 8. The Morgan fingerprint density at radius 1 is 0.346 bits per heavy atom. The molecule has 1 aliphatic rings. The summed E-state index contributed by atoms with van der Waals surface area (Å²) in [7, 11) is 0. The number of hydrogen-bond donors (Lipinski definition) is 4. The van der Waals surface area contributed by atoms with Crippen molar-refractivity contribution in [2.45, 2.75) is 26.2 Å². The number of hydrogen-bond acceptors (Lipinski definition) is 12. The van der Waals surface area contributed by atoms with Crippen LogP contribution in [0, 0.1) is 0 Å². The van der Waals surface area contributed by atoms with E-state index >= 15 is 0 Å². The maximum absolute atomic E-state index is 12.6. The molecule has 0 amide bonds. The average molecular weight is 721 g/mol. The van der Waals surface area contributed by atoms with Gasteiger partial charge in [-0.1, -0.05) is 0 Å². The topological polar surface area (TPSA) is 182 Å². The molecule has 5 heterocycles. The summed E-state index contributed by atoms with van der Waals surface area (Å²) in [5, 5.41) is 39.9. The Balaban J connectivity index is 1.35. The van der Waals surface area contributed by atoms with E-state index in [2.05, 4.69) is 19.6 Å². The van der Waals surface area contributed by atoms with Gasteiger partial charge in [-0.25, -0.2) is 0 Å². The van der Waals surface area contributed by atoms with Crippen LogP contribution in [0.15, 0.2) is 92.5 Å². The Labute approximate surface area is 300 Å². The molecule has 0 aliphatic carbocycles. The summed E-state index contributed by atoms with van der Waals surface area (Å²) in [6, 6.07) is 12.0. The molecule has 1 saturated heterocycles. The van der Waals surface area contributed by atoms with Gasteiger partial charge in [0.05, 0.1) is 0 Å². The molecule has 4 aromatic rings. The second-order valence-electron chi connectivity index (χ2n) is 12.9. The Bertz CT molecular complexity index is 1710. The van der Waals surface area contributed by atoms with Crippen LogP contribution >= 0.6 is 0 Å². The maximum atomic E-state index is 12.6. The fourth-order valence-corrected chi connectivity index (χ4v) is 6.27. The Morgan fingerprint density at radius 2 is 0.538 bits per heavy atom. The lowest BCUT2D eigenvalue weighted by molar-refractivity contribution is 0.125. The van der Waals surface area contributed by atoms with Gasteiger partial charge in [0, 0.05) is 130 Å². The van der Waals surface area contributed by atoms with E-state index in [0.717, 1.165) is 0 Å². The highest BCUT2D eigenvalue weighted by Crippen LogP contribution is 2.06. The van der Waals surface area contributed by atoms with Crippen molar-refractivity contribution in [1.29, 1.82) is 0 Å². The number of pyridine rings is 4. The first-order chi connectivity index (χ1) is 25.1. The van der Waals surface area contributed by atoms with Crippen LogP contribution in [0.1, 0.15) is 0 Å². The molecule has 0 atom stereocenters. The van der Waals surface area contributed by atoms with Crippen LogP contribution < -0.4 is 22.2 Å². The van der Waals surface area contributed by atoms with Gasteiger partial charge in [0.15, 0.2) is 23.0 Å². The lowest BCUT2D eigenvalue weighted by Gasteiger charge is -2.34. The van der Waals surface area contributed by atoms with Crippen molar-refractivity contribution >= 4 is 0 Å². The summed E-state index contributed by atoms with van der Waals surface area (Å²) < 4.78 is 5.94. The lowest BCUT2D eigenvalue weighted by Crippen LogP contribution is -2.48. The molecule has 280 valence electrons. The molecule has 4 N–H and O–H groups in total. The van der Waals surface area contributed by atoms with Crippen molar-refractivity contribution in [3.8, 4) is 23.0 Å². The van der Waals surface area contributed by atoms with Crippen LogP contribution in [0.4, 0.5) is 0 Å². The van der Waals surface area contributed by atoms with Crippen LogP contribution in [0.25, 0.3) is 0 Å². The van der Waals surface area contributed by atoms with E-state index in [1.807, 2.05) is 0 Å². The van der Waals surface area contributed by atoms with Gasteiger partial charge in [-0.3, -0.25) is 38.8 Å². The first-order valence-corrected chi connectivity index (χ1v) is 17.5. The summed E-state index contributed by atoms with van der Waals surface area (Å²) in [4.78, 5) is 59.2. The second kappa shape index (κ2) is 18.4. The summed E-state index contributed by atoms with van der Waals surface area (Å²) in [5.41, 5.74) is -1.83. The molecular formula is C36H48N8O8. The van der Waals surface area contributed by atoms with Crippen LogP contribution in [-0.4, -0.2) is 137 Å². The lowest BCUT2D eigenvalue weighted by atomic mass is 10.3. The fourth-order valence-electron chi connectivity index (χ4n) is 6.27.